The maximum atomic E-state index is 13.0. The van der Waals surface area contributed by atoms with Gasteiger partial charge in [0.1, 0.15) is 19.3 Å². The van der Waals surface area contributed by atoms with Crippen molar-refractivity contribution >= 4 is 21.6 Å². The highest BCUT2D eigenvalue weighted by Gasteiger charge is 2.29. The molecule has 0 spiro atoms. The Labute approximate surface area is 176 Å². The third-order valence-corrected chi connectivity index (χ3v) is 6.86. The van der Waals surface area contributed by atoms with Crippen LogP contribution in [-0.4, -0.2) is 33.6 Å². The highest BCUT2D eigenvalue weighted by molar-refractivity contribution is 7.89. The zero-order valence-electron chi connectivity index (χ0n) is 17.1. The summed E-state index contributed by atoms with van der Waals surface area (Å²) < 4.78 is 39.4. The second-order valence-electron chi connectivity index (χ2n) is 7.97. The zero-order chi connectivity index (χ0) is 21.3. The van der Waals surface area contributed by atoms with Crippen LogP contribution in [0.25, 0.3) is 0 Å². The van der Waals surface area contributed by atoms with Crippen LogP contribution >= 0.6 is 0 Å². The molecule has 8 heteroatoms. The van der Waals surface area contributed by atoms with Crippen LogP contribution < -0.4 is 19.5 Å². The molecule has 0 fully saturated rings. The first-order chi connectivity index (χ1) is 14.3. The summed E-state index contributed by atoms with van der Waals surface area (Å²) in [5.74, 6) is 0.262. The van der Waals surface area contributed by atoms with E-state index in [1.54, 1.807) is 19.9 Å². The quantitative estimate of drug-likeness (QED) is 0.735. The average Bonchev–Trinajstić information content (AvgIpc) is 3.19. The molecule has 0 aromatic heterocycles. The van der Waals surface area contributed by atoms with E-state index in [1.807, 2.05) is 18.2 Å². The Morgan fingerprint density at radius 3 is 2.47 bits per heavy atom. The molecule has 4 rings (SSSR count). The summed E-state index contributed by atoms with van der Waals surface area (Å²) in [7, 11) is -3.93. The Bertz CT molecular complexity index is 1070. The Hall–Kier alpha value is -2.58. The first kappa shape index (κ1) is 20.7. The second-order valence-corrected chi connectivity index (χ2v) is 9.69. The summed E-state index contributed by atoms with van der Waals surface area (Å²) in [4.78, 5) is 12.9. The number of anilines is 1. The van der Waals surface area contributed by atoms with Crippen molar-refractivity contribution in [2.24, 2.45) is 5.92 Å². The summed E-state index contributed by atoms with van der Waals surface area (Å²) in [5, 5.41) is 2.87. The number of hydrogen-bond acceptors (Lipinski definition) is 5. The van der Waals surface area contributed by atoms with E-state index in [4.69, 9.17) is 9.47 Å². The minimum atomic E-state index is -3.93. The number of carbonyl (C=O) groups excluding carboxylic acids is 1. The van der Waals surface area contributed by atoms with Gasteiger partial charge in [0.25, 0.3) is 0 Å². The lowest BCUT2D eigenvalue weighted by molar-refractivity contribution is -0.118. The first-order valence-corrected chi connectivity index (χ1v) is 11.7. The maximum Gasteiger partial charge on any atom is 0.242 e. The molecule has 2 N–H and O–H groups in total. The van der Waals surface area contributed by atoms with E-state index >= 15 is 0 Å². The van der Waals surface area contributed by atoms with Crippen LogP contribution in [0.15, 0.2) is 41.3 Å². The number of sulfonamides is 1. The molecule has 0 radical (unpaired) electrons. The normalized spacial score (nSPS) is 16.2. The summed E-state index contributed by atoms with van der Waals surface area (Å²) in [5.41, 5.74) is 3.24. The van der Waals surface area contributed by atoms with Crippen LogP contribution in [-0.2, 0) is 27.7 Å². The number of nitrogens with one attached hydrogen (secondary N) is 2. The van der Waals surface area contributed by atoms with Crippen LogP contribution in [0.3, 0.4) is 0 Å². The SMILES string of the molecule is CC(C)[C@H](NS(=O)(=O)c1ccc2c(c1)OCCO2)C(=O)Nc1ccc2c(c1)CCC2. The number of amides is 1. The molecule has 160 valence electrons. The van der Waals surface area contributed by atoms with Gasteiger partial charge >= 0.3 is 0 Å². The average molecular weight is 431 g/mol. The Morgan fingerprint density at radius 1 is 0.967 bits per heavy atom. The van der Waals surface area contributed by atoms with Crippen molar-refractivity contribution in [3.8, 4) is 11.5 Å². The molecular formula is C22H26N2O5S. The number of fused-ring (bicyclic) bond motifs is 2. The molecule has 2 aromatic carbocycles. The number of rotatable bonds is 6. The van der Waals surface area contributed by atoms with Crippen LogP contribution in [0.4, 0.5) is 5.69 Å². The third-order valence-electron chi connectivity index (χ3n) is 5.42. The number of carbonyl (C=O) groups is 1. The van der Waals surface area contributed by atoms with Gasteiger partial charge in [0.05, 0.1) is 4.90 Å². The summed E-state index contributed by atoms with van der Waals surface area (Å²) >= 11 is 0. The molecule has 0 saturated heterocycles. The van der Waals surface area contributed by atoms with Gasteiger partial charge in [-0.15, -0.1) is 0 Å². The third kappa shape index (κ3) is 4.29. The molecule has 1 aliphatic heterocycles. The molecule has 0 bridgehead atoms. The van der Waals surface area contributed by atoms with Crippen molar-refractivity contribution in [1.82, 2.24) is 4.72 Å². The molecule has 1 heterocycles. The molecule has 1 atom stereocenters. The van der Waals surface area contributed by atoms with Gasteiger partial charge in [-0.3, -0.25) is 4.79 Å². The van der Waals surface area contributed by atoms with Crippen LogP contribution in [0, 0.1) is 5.92 Å². The highest BCUT2D eigenvalue weighted by atomic mass is 32.2. The van der Waals surface area contributed by atoms with Gasteiger partial charge in [-0.1, -0.05) is 19.9 Å². The lowest BCUT2D eigenvalue weighted by atomic mass is 10.0. The van der Waals surface area contributed by atoms with Gasteiger partial charge in [0.15, 0.2) is 11.5 Å². The number of ether oxygens (including phenoxy) is 2. The lowest BCUT2D eigenvalue weighted by Crippen LogP contribution is -2.47. The van der Waals surface area contributed by atoms with Gasteiger partial charge in [0.2, 0.25) is 15.9 Å². The van der Waals surface area contributed by atoms with E-state index in [0.717, 1.165) is 19.3 Å². The molecule has 7 nitrogen and oxygen atoms in total. The molecule has 0 unspecified atom stereocenters. The Morgan fingerprint density at radius 2 is 1.70 bits per heavy atom. The molecule has 0 saturated carbocycles. The molecule has 30 heavy (non-hydrogen) atoms. The number of aryl methyl sites for hydroxylation is 2. The second kappa shape index (κ2) is 8.28. The maximum absolute atomic E-state index is 13.0. The fourth-order valence-corrected chi connectivity index (χ4v) is 5.15. The van der Waals surface area contributed by atoms with Gasteiger partial charge < -0.3 is 14.8 Å². The molecular weight excluding hydrogens is 404 g/mol. The minimum Gasteiger partial charge on any atom is -0.486 e. The van der Waals surface area contributed by atoms with Crippen LogP contribution in [0.2, 0.25) is 0 Å². The van der Waals surface area contributed by atoms with Gasteiger partial charge in [-0.25, -0.2) is 8.42 Å². The van der Waals surface area contributed by atoms with Crippen molar-refractivity contribution in [1.29, 1.82) is 0 Å². The van der Waals surface area contributed by atoms with Crippen molar-refractivity contribution in [2.45, 2.75) is 44.0 Å². The summed E-state index contributed by atoms with van der Waals surface area (Å²) in [6.07, 6.45) is 3.19. The zero-order valence-corrected chi connectivity index (χ0v) is 17.9. The summed E-state index contributed by atoms with van der Waals surface area (Å²) in [6.45, 7) is 4.40. The van der Waals surface area contributed by atoms with Gasteiger partial charge in [0, 0.05) is 11.8 Å². The molecule has 1 aliphatic carbocycles. The van der Waals surface area contributed by atoms with E-state index < -0.39 is 16.1 Å². The molecule has 1 amide bonds. The topological polar surface area (TPSA) is 93.7 Å². The fourth-order valence-electron chi connectivity index (χ4n) is 3.79. The minimum absolute atomic E-state index is 0.0303. The Kier molecular flexibility index (Phi) is 5.71. The number of benzene rings is 2. The summed E-state index contributed by atoms with van der Waals surface area (Å²) in [6, 6.07) is 9.40. The van der Waals surface area contributed by atoms with E-state index in [0.29, 0.717) is 30.4 Å². The smallest absolute Gasteiger partial charge is 0.242 e. The predicted molar refractivity (Wildman–Crippen MR) is 113 cm³/mol. The van der Waals surface area contributed by atoms with E-state index in [2.05, 4.69) is 10.0 Å². The number of hydrogen-bond donors (Lipinski definition) is 2. The van der Waals surface area contributed by atoms with E-state index in [-0.39, 0.29) is 16.7 Å². The van der Waals surface area contributed by atoms with Gasteiger partial charge in [-0.2, -0.15) is 4.72 Å². The lowest BCUT2D eigenvalue weighted by Gasteiger charge is -2.23. The fraction of sp³-hybridized carbons (Fsp3) is 0.409. The van der Waals surface area contributed by atoms with E-state index in [1.165, 1.54) is 23.3 Å². The predicted octanol–water partition coefficient (Wildman–Crippen LogP) is 2.89. The van der Waals surface area contributed by atoms with Gasteiger partial charge in [-0.05, 0) is 60.6 Å². The molecule has 2 aromatic rings. The standard InChI is InChI=1S/C22H26N2O5S/c1-14(2)21(22(25)23-17-7-6-15-4-3-5-16(15)12-17)24-30(26,27)18-8-9-19-20(13-18)29-11-10-28-19/h6-9,12-14,21,24H,3-5,10-11H2,1-2H3,(H,23,25)/t21-/m0/s1. The monoisotopic (exact) mass is 430 g/mol. The van der Waals surface area contributed by atoms with Crippen molar-refractivity contribution < 1.29 is 22.7 Å². The molecule has 2 aliphatic rings. The Balaban J connectivity index is 1.51. The van der Waals surface area contributed by atoms with Crippen molar-refractivity contribution in [2.75, 3.05) is 18.5 Å². The first-order valence-electron chi connectivity index (χ1n) is 10.2. The highest BCUT2D eigenvalue weighted by Crippen LogP contribution is 2.32. The largest absolute Gasteiger partial charge is 0.486 e. The van der Waals surface area contributed by atoms with Crippen LogP contribution in [0.5, 0.6) is 11.5 Å². The van der Waals surface area contributed by atoms with Crippen LogP contribution in [0.1, 0.15) is 31.4 Å². The van der Waals surface area contributed by atoms with Crippen molar-refractivity contribution in [3.05, 3.63) is 47.5 Å². The van der Waals surface area contributed by atoms with E-state index in [9.17, 15) is 13.2 Å². The van der Waals surface area contributed by atoms with Crippen molar-refractivity contribution in [3.63, 3.8) is 0 Å².